The van der Waals surface area contributed by atoms with Crippen LogP contribution in [0.5, 0.6) is 0 Å². The molecule has 0 saturated heterocycles. The molecule has 1 aromatic rings. The van der Waals surface area contributed by atoms with E-state index in [1.165, 1.54) is 0 Å². The molecule has 1 unspecified atom stereocenters. The molecule has 2 rings (SSSR count). The van der Waals surface area contributed by atoms with Gasteiger partial charge >= 0.3 is 6.09 Å². The van der Waals surface area contributed by atoms with E-state index in [1.807, 2.05) is 26.8 Å². The topological polar surface area (TPSA) is 50.4 Å². The van der Waals surface area contributed by atoms with Crippen LogP contribution >= 0.6 is 0 Å². The third-order valence-electron chi connectivity index (χ3n) is 3.82. The van der Waals surface area contributed by atoms with Crippen molar-refractivity contribution < 1.29 is 13.9 Å². The average Bonchev–Trinajstić information content (AvgIpc) is 3.24. The summed E-state index contributed by atoms with van der Waals surface area (Å²) in [6.45, 7) is 8.53. The van der Waals surface area contributed by atoms with Gasteiger partial charge in [-0.15, -0.1) is 0 Å². The number of hydrogen-bond acceptors (Lipinski definition) is 3. The van der Waals surface area contributed by atoms with Crippen molar-refractivity contribution in [1.82, 2.24) is 10.6 Å². The lowest BCUT2D eigenvalue weighted by molar-refractivity contribution is 0.0497. The van der Waals surface area contributed by atoms with Crippen LogP contribution in [-0.4, -0.2) is 24.3 Å². The van der Waals surface area contributed by atoms with Gasteiger partial charge < -0.3 is 15.4 Å². The van der Waals surface area contributed by atoms with Gasteiger partial charge in [-0.2, -0.15) is 0 Å². The van der Waals surface area contributed by atoms with Crippen molar-refractivity contribution in [1.29, 1.82) is 0 Å². The molecule has 4 nitrogen and oxygen atoms in total. The molecule has 0 bridgehead atoms. The SMILES string of the molecule is Cc1ccc(CNCC(NC(=O)OC(C)(C)C)C2CC2)cc1F. The molecule has 0 radical (unpaired) electrons. The molecule has 1 aromatic carbocycles. The Morgan fingerprint density at radius 3 is 2.65 bits per heavy atom. The van der Waals surface area contributed by atoms with Gasteiger partial charge in [-0.25, -0.2) is 9.18 Å². The third-order valence-corrected chi connectivity index (χ3v) is 3.82. The van der Waals surface area contributed by atoms with Gasteiger partial charge in [0, 0.05) is 19.1 Å². The quantitative estimate of drug-likeness (QED) is 0.842. The minimum atomic E-state index is -0.495. The largest absolute Gasteiger partial charge is 0.444 e. The van der Waals surface area contributed by atoms with Crippen molar-refractivity contribution >= 4 is 6.09 Å². The average molecular weight is 322 g/mol. The van der Waals surface area contributed by atoms with Crippen LogP contribution in [0.4, 0.5) is 9.18 Å². The third kappa shape index (κ3) is 6.18. The van der Waals surface area contributed by atoms with Gasteiger partial charge in [0.15, 0.2) is 0 Å². The van der Waals surface area contributed by atoms with E-state index in [0.29, 0.717) is 24.6 Å². The highest BCUT2D eigenvalue weighted by molar-refractivity contribution is 5.68. The van der Waals surface area contributed by atoms with Gasteiger partial charge in [-0.05, 0) is 63.6 Å². The second-order valence-corrected chi connectivity index (χ2v) is 7.30. The summed E-state index contributed by atoms with van der Waals surface area (Å²) in [5, 5.41) is 6.25. The first-order chi connectivity index (χ1) is 10.7. The Bertz CT molecular complexity index is 550. The Balaban J connectivity index is 1.81. The molecule has 5 heteroatoms. The predicted octanol–water partition coefficient (Wildman–Crippen LogP) is 3.53. The van der Waals surface area contributed by atoms with E-state index < -0.39 is 5.60 Å². The monoisotopic (exact) mass is 322 g/mol. The summed E-state index contributed by atoms with van der Waals surface area (Å²) in [6.07, 6.45) is 1.88. The Labute approximate surface area is 137 Å². The molecule has 0 aliphatic heterocycles. The van der Waals surface area contributed by atoms with Crippen molar-refractivity contribution in [2.24, 2.45) is 5.92 Å². The first kappa shape index (κ1) is 17.7. The number of benzene rings is 1. The number of carbonyl (C=O) groups is 1. The molecule has 1 aliphatic rings. The summed E-state index contributed by atoms with van der Waals surface area (Å²) in [7, 11) is 0. The number of carbonyl (C=O) groups excluding carboxylic acids is 1. The van der Waals surface area contributed by atoms with E-state index in [-0.39, 0.29) is 18.0 Å². The van der Waals surface area contributed by atoms with Crippen LogP contribution in [0.3, 0.4) is 0 Å². The highest BCUT2D eigenvalue weighted by Gasteiger charge is 2.33. The molecular formula is C18H27FN2O2. The summed E-state index contributed by atoms with van der Waals surface area (Å²) in [6, 6.07) is 5.30. The first-order valence-corrected chi connectivity index (χ1v) is 8.20. The summed E-state index contributed by atoms with van der Waals surface area (Å²) >= 11 is 0. The van der Waals surface area contributed by atoms with Crippen LogP contribution in [0, 0.1) is 18.7 Å². The molecule has 1 aliphatic carbocycles. The van der Waals surface area contributed by atoms with E-state index >= 15 is 0 Å². The van der Waals surface area contributed by atoms with Crippen LogP contribution in [0.25, 0.3) is 0 Å². The van der Waals surface area contributed by atoms with E-state index in [4.69, 9.17) is 4.74 Å². The first-order valence-electron chi connectivity index (χ1n) is 8.20. The molecule has 2 N–H and O–H groups in total. The lowest BCUT2D eigenvalue weighted by Crippen LogP contribution is -2.45. The van der Waals surface area contributed by atoms with Crippen LogP contribution in [-0.2, 0) is 11.3 Å². The minimum absolute atomic E-state index is 0.0557. The lowest BCUT2D eigenvalue weighted by Gasteiger charge is -2.24. The van der Waals surface area contributed by atoms with Crippen LogP contribution in [0.1, 0.15) is 44.7 Å². The van der Waals surface area contributed by atoms with Gasteiger partial charge in [0.25, 0.3) is 0 Å². The minimum Gasteiger partial charge on any atom is -0.444 e. The summed E-state index contributed by atoms with van der Waals surface area (Å²) in [4.78, 5) is 11.9. The number of rotatable bonds is 6. The summed E-state index contributed by atoms with van der Waals surface area (Å²) in [5.41, 5.74) is 1.06. The van der Waals surface area contributed by atoms with Crippen LogP contribution in [0.15, 0.2) is 18.2 Å². The van der Waals surface area contributed by atoms with E-state index in [1.54, 1.807) is 19.1 Å². The van der Waals surface area contributed by atoms with Gasteiger partial charge in [-0.3, -0.25) is 0 Å². The Hall–Kier alpha value is -1.62. The number of hydrogen-bond donors (Lipinski definition) is 2. The Morgan fingerprint density at radius 2 is 2.09 bits per heavy atom. The van der Waals surface area contributed by atoms with Gasteiger partial charge in [0.1, 0.15) is 11.4 Å². The molecule has 1 amide bonds. The Morgan fingerprint density at radius 1 is 1.39 bits per heavy atom. The van der Waals surface area contributed by atoms with Crippen LogP contribution in [0.2, 0.25) is 0 Å². The van der Waals surface area contributed by atoms with Crippen molar-refractivity contribution in [3.05, 3.63) is 35.1 Å². The van der Waals surface area contributed by atoms with E-state index in [0.717, 1.165) is 18.4 Å². The summed E-state index contributed by atoms with van der Waals surface area (Å²) < 4.78 is 18.8. The van der Waals surface area contributed by atoms with Crippen molar-refractivity contribution in [3.63, 3.8) is 0 Å². The van der Waals surface area contributed by atoms with Gasteiger partial charge in [0.05, 0.1) is 0 Å². The maximum absolute atomic E-state index is 13.5. The molecule has 0 spiro atoms. The highest BCUT2D eigenvalue weighted by Crippen LogP contribution is 2.32. The van der Waals surface area contributed by atoms with Gasteiger partial charge in [-0.1, -0.05) is 12.1 Å². The smallest absolute Gasteiger partial charge is 0.407 e. The molecule has 0 heterocycles. The molecule has 0 aromatic heterocycles. The maximum Gasteiger partial charge on any atom is 0.407 e. The second kappa shape index (κ2) is 7.30. The van der Waals surface area contributed by atoms with Crippen molar-refractivity contribution in [2.45, 2.75) is 58.7 Å². The lowest BCUT2D eigenvalue weighted by atomic mass is 10.1. The molecule has 23 heavy (non-hydrogen) atoms. The summed E-state index contributed by atoms with van der Waals surface area (Å²) in [5.74, 6) is 0.319. The fourth-order valence-electron chi connectivity index (χ4n) is 2.41. The zero-order valence-electron chi connectivity index (χ0n) is 14.4. The number of halogens is 1. The molecule has 128 valence electrons. The number of amides is 1. The molecular weight excluding hydrogens is 295 g/mol. The van der Waals surface area contributed by atoms with E-state index in [2.05, 4.69) is 10.6 Å². The highest BCUT2D eigenvalue weighted by atomic mass is 19.1. The molecule has 1 saturated carbocycles. The van der Waals surface area contributed by atoms with Gasteiger partial charge in [0.2, 0.25) is 0 Å². The van der Waals surface area contributed by atoms with Crippen molar-refractivity contribution in [3.8, 4) is 0 Å². The number of alkyl carbamates (subject to hydrolysis) is 1. The normalized spacial score (nSPS) is 16.0. The number of ether oxygens (including phenoxy) is 1. The number of nitrogens with one attached hydrogen (secondary N) is 2. The predicted molar refractivity (Wildman–Crippen MR) is 88.7 cm³/mol. The standard InChI is InChI=1S/C18H27FN2O2/c1-12-5-6-13(9-15(12)19)10-20-11-16(14-7-8-14)21-17(22)23-18(2,3)4/h5-6,9,14,16,20H,7-8,10-11H2,1-4H3,(H,21,22). The fourth-order valence-corrected chi connectivity index (χ4v) is 2.41. The second-order valence-electron chi connectivity index (χ2n) is 7.30. The zero-order valence-corrected chi connectivity index (χ0v) is 14.4. The maximum atomic E-state index is 13.5. The molecule has 1 atom stereocenters. The fraction of sp³-hybridized carbons (Fsp3) is 0.611. The zero-order chi connectivity index (χ0) is 17.0. The molecule has 1 fully saturated rings. The van der Waals surface area contributed by atoms with Crippen LogP contribution < -0.4 is 10.6 Å². The Kier molecular flexibility index (Phi) is 5.63. The number of aryl methyl sites for hydroxylation is 1. The van der Waals surface area contributed by atoms with Crippen molar-refractivity contribution in [2.75, 3.05) is 6.54 Å². The van der Waals surface area contributed by atoms with E-state index in [9.17, 15) is 9.18 Å².